The van der Waals surface area contributed by atoms with Gasteiger partial charge in [0.2, 0.25) is 0 Å². The normalized spacial score (nSPS) is 18.8. The third kappa shape index (κ3) is 4.27. The number of pyridine rings is 1. The van der Waals surface area contributed by atoms with Crippen LogP contribution in [0.1, 0.15) is 87.4 Å². The number of nitrogens with zero attached hydrogens (tertiary/aromatic N) is 1. The molecule has 1 amide bonds. The molecule has 3 heterocycles. The Hall–Kier alpha value is -2.21. The molecule has 0 radical (unpaired) electrons. The van der Waals surface area contributed by atoms with Gasteiger partial charge in [0.25, 0.3) is 11.5 Å². The van der Waals surface area contributed by atoms with Gasteiger partial charge < -0.3 is 9.88 Å². The summed E-state index contributed by atoms with van der Waals surface area (Å²) in [6.45, 7) is 9.18. The zero-order valence-corrected chi connectivity index (χ0v) is 19.8. The molecule has 0 aromatic carbocycles. The summed E-state index contributed by atoms with van der Waals surface area (Å²) in [7, 11) is 0. The molecule has 1 N–H and O–H groups in total. The number of amides is 1. The van der Waals surface area contributed by atoms with Crippen molar-refractivity contribution in [1.29, 1.82) is 0 Å². The first-order valence-electron chi connectivity index (χ1n) is 11.4. The molecule has 0 bridgehead atoms. The number of aryl methyl sites for hydroxylation is 3. The number of fused-ring (bicyclic) bond motifs is 1. The van der Waals surface area contributed by atoms with Crippen molar-refractivity contribution in [3.63, 3.8) is 0 Å². The summed E-state index contributed by atoms with van der Waals surface area (Å²) in [5.74, 6) is 1.32. The lowest BCUT2D eigenvalue weighted by molar-refractivity contribution is -0.121. The number of thiophene rings is 1. The monoisotopic (exact) mass is 440 g/mol. The van der Waals surface area contributed by atoms with Gasteiger partial charge in [-0.1, -0.05) is 6.92 Å². The Morgan fingerprint density at radius 3 is 2.52 bits per heavy atom. The molecule has 4 rings (SSSR count). The first-order valence-corrected chi connectivity index (χ1v) is 12.2. The van der Waals surface area contributed by atoms with Gasteiger partial charge in [-0.05, 0) is 75.5 Å². The average molecular weight is 441 g/mol. The first kappa shape index (κ1) is 22.0. The highest BCUT2D eigenvalue weighted by molar-refractivity contribution is 7.12. The molecule has 0 saturated heterocycles. The number of aromatic amines is 1. The fraction of sp³-hybridized carbons (Fsp3) is 0.560. The molecule has 6 heteroatoms. The molecule has 2 aromatic heterocycles. The Morgan fingerprint density at radius 1 is 1.13 bits per heavy atom. The highest BCUT2D eigenvalue weighted by atomic mass is 32.1. The van der Waals surface area contributed by atoms with Gasteiger partial charge in [-0.25, -0.2) is 0 Å². The number of hydrogen-bond donors (Lipinski definition) is 1. The van der Waals surface area contributed by atoms with Crippen LogP contribution in [0.3, 0.4) is 0 Å². The van der Waals surface area contributed by atoms with Crippen molar-refractivity contribution < 1.29 is 9.59 Å². The largest absolute Gasteiger partial charge is 0.334 e. The number of ketones is 1. The van der Waals surface area contributed by atoms with E-state index in [1.165, 1.54) is 9.75 Å². The topological polar surface area (TPSA) is 70.2 Å². The van der Waals surface area contributed by atoms with E-state index in [1.807, 2.05) is 24.8 Å². The van der Waals surface area contributed by atoms with Crippen molar-refractivity contribution in [2.45, 2.75) is 78.7 Å². The van der Waals surface area contributed by atoms with Crippen LogP contribution in [0.15, 0.2) is 10.9 Å². The Balaban J connectivity index is 1.61. The van der Waals surface area contributed by atoms with E-state index in [-0.39, 0.29) is 11.5 Å². The van der Waals surface area contributed by atoms with Crippen molar-refractivity contribution in [1.82, 2.24) is 9.88 Å². The summed E-state index contributed by atoms with van der Waals surface area (Å²) in [6.07, 6.45) is 5.11. The molecule has 1 atom stereocenters. The summed E-state index contributed by atoms with van der Waals surface area (Å²) < 4.78 is 0. The molecule has 1 fully saturated rings. The second-order valence-corrected chi connectivity index (χ2v) is 10.5. The molecule has 1 saturated carbocycles. The van der Waals surface area contributed by atoms with Gasteiger partial charge in [0, 0.05) is 40.4 Å². The summed E-state index contributed by atoms with van der Waals surface area (Å²) in [5.41, 5.74) is 4.32. The van der Waals surface area contributed by atoms with Crippen molar-refractivity contribution >= 4 is 23.0 Å². The van der Waals surface area contributed by atoms with Crippen LogP contribution in [0.25, 0.3) is 0 Å². The molecular weight excluding hydrogens is 408 g/mol. The SMILES string of the molecule is Cc1cc(C)c(CN2CCCc3sc([C@H](C)C4CCC(=O)CC4)c(C)c3C2=O)c(=O)[nH]1. The average Bonchev–Trinajstić information content (AvgIpc) is 2.95. The fourth-order valence-electron chi connectivity index (χ4n) is 5.27. The highest BCUT2D eigenvalue weighted by Gasteiger charge is 2.32. The van der Waals surface area contributed by atoms with E-state index in [0.717, 1.165) is 48.1 Å². The zero-order chi connectivity index (χ0) is 22.3. The third-order valence-electron chi connectivity index (χ3n) is 7.14. The molecule has 31 heavy (non-hydrogen) atoms. The number of hydrogen-bond acceptors (Lipinski definition) is 4. The van der Waals surface area contributed by atoms with Gasteiger partial charge in [-0.3, -0.25) is 14.4 Å². The molecular formula is C25H32N2O3S. The maximum atomic E-state index is 13.6. The molecule has 2 aromatic rings. The number of aromatic nitrogens is 1. The Morgan fingerprint density at radius 2 is 1.84 bits per heavy atom. The van der Waals surface area contributed by atoms with Crippen LogP contribution in [0.2, 0.25) is 0 Å². The van der Waals surface area contributed by atoms with Crippen molar-refractivity contribution in [3.05, 3.63) is 54.1 Å². The summed E-state index contributed by atoms with van der Waals surface area (Å²) >= 11 is 1.80. The van der Waals surface area contributed by atoms with Crippen LogP contribution in [0.4, 0.5) is 0 Å². The third-order valence-corrected chi connectivity index (χ3v) is 8.69. The van der Waals surface area contributed by atoms with Crippen LogP contribution in [0, 0.1) is 26.7 Å². The molecule has 1 aliphatic carbocycles. The predicted molar refractivity (Wildman–Crippen MR) is 124 cm³/mol. The van der Waals surface area contributed by atoms with E-state index in [0.29, 0.717) is 49.1 Å². The van der Waals surface area contributed by atoms with Crippen LogP contribution in [-0.4, -0.2) is 28.1 Å². The fourth-order valence-corrected chi connectivity index (χ4v) is 6.76. The predicted octanol–water partition coefficient (Wildman–Crippen LogP) is 4.81. The number of carbonyl (C=O) groups is 2. The first-order chi connectivity index (χ1) is 14.8. The van der Waals surface area contributed by atoms with Gasteiger partial charge >= 0.3 is 0 Å². The minimum absolute atomic E-state index is 0.0536. The van der Waals surface area contributed by atoms with Crippen LogP contribution < -0.4 is 5.56 Å². The summed E-state index contributed by atoms with van der Waals surface area (Å²) in [4.78, 5) is 45.0. The number of Topliss-reactive ketones (excluding diaryl/α,β-unsaturated/α-hetero) is 1. The van der Waals surface area contributed by atoms with E-state index in [9.17, 15) is 14.4 Å². The zero-order valence-electron chi connectivity index (χ0n) is 19.0. The standard InChI is InChI=1S/C25H32N2O3S/c1-14-12-15(2)26-24(29)20(14)13-27-11-5-6-21-22(25(27)30)17(4)23(31-21)16(3)18-7-9-19(28)10-8-18/h12,16,18H,5-11,13H2,1-4H3,(H,26,29)/t16-/m1/s1. The van der Waals surface area contributed by atoms with Gasteiger partial charge in [-0.15, -0.1) is 11.3 Å². The van der Waals surface area contributed by atoms with Gasteiger partial charge in [0.1, 0.15) is 5.78 Å². The Labute approximate surface area is 187 Å². The Bertz CT molecular complexity index is 1070. The van der Waals surface area contributed by atoms with Gasteiger partial charge in [-0.2, -0.15) is 0 Å². The van der Waals surface area contributed by atoms with E-state index in [1.54, 1.807) is 11.3 Å². The van der Waals surface area contributed by atoms with Crippen molar-refractivity contribution in [3.8, 4) is 0 Å². The summed E-state index contributed by atoms with van der Waals surface area (Å²) in [6, 6.07) is 1.97. The number of nitrogens with one attached hydrogen (secondary N) is 1. The van der Waals surface area contributed by atoms with E-state index in [4.69, 9.17) is 0 Å². The van der Waals surface area contributed by atoms with E-state index >= 15 is 0 Å². The number of carbonyl (C=O) groups excluding carboxylic acids is 2. The smallest absolute Gasteiger partial charge is 0.255 e. The molecule has 166 valence electrons. The second kappa shape index (κ2) is 8.73. The second-order valence-electron chi connectivity index (χ2n) is 9.33. The highest BCUT2D eigenvalue weighted by Crippen LogP contribution is 2.42. The van der Waals surface area contributed by atoms with Gasteiger partial charge in [0.15, 0.2) is 0 Å². The van der Waals surface area contributed by atoms with E-state index < -0.39 is 0 Å². The van der Waals surface area contributed by atoms with Gasteiger partial charge in [0.05, 0.1) is 12.1 Å². The Kier molecular flexibility index (Phi) is 6.20. The molecule has 0 unspecified atom stereocenters. The quantitative estimate of drug-likeness (QED) is 0.741. The maximum Gasteiger partial charge on any atom is 0.255 e. The molecule has 2 aliphatic rings. The number of rotatable bonds is 4. The minimum Gasteiger partial charge on any atom is -0.334 e. The maximum absolute atomic E-state index is 13.6. The lowest BCUT2D eigenvalue weighted by Gasteiger charge is -2.27. The van der Waals surface area contributed by atoms with E-state index in [2.05, 4.69) is 18.8 Å². The number of H-pyrrole nitrogens is 1. The van der Waals surface area contributed by atoms with Crippen LogP contribution in [0.5, 0.6) is 0 Å². The molecule has 0 spiro atoms. The van der Waals surface area contributed by atoms with Crippen molar-refractivity contribution in [2.24, 2.45) is 5.92 Å². The van der Waals surface area contributed by atoms with Crippen molar-refractivity contribution in [2.75, 3.05) is 6.54 Å². The minimum atomic E-state index is -0.0991. The lowest BCUT2D eigenvalue weighted by atomic mass is 9.79. The molecule has 1 aliphatic heterocycles. The van der Waals surface area contributed by atoms with Crippen LogP contribution in [-0.2, 0) is 17.8 Å². The molecule has 5 nitrogen and oxygen atoms in total. The van der Waals surface area contributed by atoms with Crippen LogP contribution >= 0.6 is 11.3 Å². The lowest BCUT2D eigenvalue weighted by Crippen LogP contribution is -2.33. The summed E-state index contributed by atoms with van der Waals surface area (Å²) in [5, 5.41) is 0.